The van der Waals surface area contributed by atoms with Crippen molar-refractivity contribution in [1.82, 2.24) is 0 Å². The van der Waals surface area contributed by atoms with E-state index in [2.05, 4.69) is 105 Å². The van der Waals surface area contributed by atoms with Gasteiger partial charge in [0.1, 0.15) is 0 Å². The zero-order valence-electron chi connectivity index (χ0n) is 13.2. The molecule has 0 saturated heterocycles. The average molecular weight is 286 g/mol. The first-order valence-corrected chi connectivity index (χ1v) is 7.85. The lowest BCUT2D eigenvalue weighted by Gasteiger charge is -2.36. The summed E-state index contributed by atoms with van der Waals surface area (Å²) < 4.78 is 0. The van der Waals surface area contributed by atoms with E-state index < -0.39 is 0 Å². The molecule has 0 bridgehead atoms. The molecule has 0 aromatic heterocycles. The van der Waals surface area contributed by atoms with E-state index in [9.17, 15) is 0 Å². The van der Waals surface area contributed by atoms with Crippen LogP contribution in [0.1, 0.15) is 36.5 Å². The Bertz CT molecular complexity index is 657. The van der Waals surface area contributed by atoms with E-state index in [1.165, 1.54) is 16.7 Å². The number of hydrogen-bond acceptors (Lipinski definition) is 0. The first kappa shape index (κ1) is 14.6. The van der Waals surface area contributed by atoms with Gasteiger partial charge in [-0.15, -0.1) is 0 Å². The van der Waals surface area contributed by atoms with E-state index in [4.69, 9.17) is 0 Å². The molecule has 3 aromatic carbocycles. The third kappa shape index (κ3) is 2.82. The molecule has 0 saturated carbocycles. The van der Waals surface area contributed by atoms with Crippen molar-refractivity contribution in [1.29, 1.82) is 0 Å². The quantitative estimate of drug-likeness (QED) is 0.569. The molecule has 0 heteroatoms. The number of benzene rings is 3. The molecule has 0 amide bonds. The normalized spacial score (nSPS) is 11.6. The summed E-state index contributed by atoms with van der Waals surface area (Å²) >= 11 is 0. The van der Waals surface area contributed by atoms with Gasteiger partial charge in [-0.25, -0.2) is 0 Å². The molecule has 0 aliphatic carbocycles. The molecule has 3 aromatic rings. The molecule has 22 heavy (non-hydrogen) atoms. The van der Waals surface area contributed by atoms with Crippen LogP contribution in [0.3, 0.4) is 0 Å². The number of hydrogen-bond donors (Lipinski definition) is 0. The van der Waals surface area contributed by atoms with E-state index in [1.54, 1.807) is 0 Å². The van der Waals surface area contributed by atoms with Gasteiger partial charge in [-0.3, -0.25) is 0 Å². The second kappa shape index (κ2) is 6.19. The highest BCUT2D eigenvalue weighted by Crippen LogP contribution is 2.42. The fourth-order valence-corrected chi connectivity index (χ4v) is 3.35. The maximum absolute atomic E-state index is 2.34. The van der Waals surface area contributed by atoms with E-state index in [1.807, 2.05) is 0 Å². The summed E-state index contributed by atoms with van der Waals surface area (Å²) in [6.07, 6.45) is 0. The lowest BCUT2D eigenvalue weighted by Crippen LogP contribution is -2.28. The molecule has 110 valence electrons. The van der Waals surface area contributed by atoms with Crippen LogP contribution in [-0.2, 0) is 5.41 Å². The Morgan fingerprint density at radius 2 is 0.909 bits per heavy atom. The predicted molar refractivity (Wildman–Crippen MR) is 94.2 cm³/mol. The molecule has 3 rings (SSSR count). The summed E-state index contributed by atoms with van der Waals surface area (Å²) in [6.45, 7) is 4.68. The van der Waals surface area contributed by atoms with Crippen LogP contribution >= 0.6 is 0 Å². The van der Waals surface area contributed by atoms with Gasteiger partial charge in [-0.1, -0.05) is 105 Å². The summed E-state index contributed by atoms with van der Waals surface area (Å²) in [5, 5.41) is 0. The van der Waals surface area contributed by atoms with Crippen LogP contribution in [0.4, 0.5) is 0 Å². The highest BCUT2D eigenvalue weighted by atomic mass is 14.4. The largest absolute Gasteiger partial charge is 0.0622 e. The van der Waals surface area contributed by atoms with E-state index in [0.717, 1.165) is 0 Å². The van der Waals surface area contributed by atoms with Crippen LogP contribution in [0.5, 0.6) is 0 Å². The number of rotatable bonds is 4. The zero-order valence-corrected chi connectivity index (χ0v) is 13.2. The summed E-state index contributed by atoms with van der Waals surface area (Å²) in [5.74, 6) is 0.331. The van der Waals surface area contributed by atoms with Gasteiger partial charge in [0.15, 0.2) is 0 Å². The van der Waals surface area contributed by atoms with Crippen LogP contribution in [0.25, 0.3) is 0 Å². The molecule has 0 nitrogen and oxygen atoms in total. The van der Waals surface area contributed by atoms with Crippen LogP contribution in [0.2, 0.25) is 0 Å². The molecule has 0 atom stereocenters. The van der Waals surface area contributed by atoms with Crippen LogP contribution < -0.4 is 0 Å². The Morgan fingerprint density at radius 1 is 0.545 bits per heavy atom. The third-order valence-electron chi connectivity index (χ3n) is 4.51. The summed E-state index contributed by atoms with van der Waals surface area (Å²) in [5.41, 5.74) is 4.11. The molecule has 0 unspecified atom stereocenters. The topological polar surface area (TPSA) is 0 Å². The molecule has 0 heterocycles. The second-order valence-electron chi connectivity index (χ2n) is 6.34. The van der Waals surface area contributed by atoms with Crippen molar-refractivity contribution in [3.8, 4) is 0 Å². The standard InChI is InChI=1S/C22H22/c1-22(2,20-16-10-5-11-17-20)21(18-12-6-3-7-13-18)19-14-8-4-9-15-19/h3-17,21H,1-2H3. The van der Waals surface area contributed by atoms with E-state index >= 15 is 0 Å². The van der Waals surface area contributed by atoms with E-state index in [0.29, 0.717) is 5.92 Å². The Labute approximate surface area is 133 Å². The summed E-state index contributed by atoms with van der Waals surface area (Å²) in [4.78, 5) is 0. The lowest BCUT2D eigenvalue weighted by molar-refractivity contribution is 0.459. The molecular formula is C22H22. The highest BCUT2D eigenvalue weighted by molar-refractivity contribution is 5.41. The van der Waals surface area contributed by atoms with Gasteiger partial charge in [0.05, 0.1) is 0 Å². The van der Waals surface area contributed by atoms with Crippen molar-refractivity contribution >= 4 is 0 Å². The highest BCUT2D eigenvalue weighted by Gasteiger charge is 2.33. The molecule has 0 N–H and O–H groups in total. The molecule has 0 aliphatic heterocycles. The van der Waals surface area contributed by atoms with Crippen molar-refractivity contribution < 1.29 is 0 Å². The smallest absolute Gasteiger partial charge is 0.0181 e. The maximum atomic E-state index is 2.34. The molecule has 0 aliphatic rings. The minimum atomic E-state index is 0.0178. The van der Waals surface area contributed by atoms with Crippen LogP contribution in [0, 0.1) is 0 Å². The van der Waals surface area contributed by atoms with Crippen molar-refractivity contribution in [3.63, 3.8) is 0 Å². The Morgan fingerprint density at radius 3 is 1.32 bits per heavy atom. The van der Waals surface area contributed by atoms with Crippen molar-refractivity contribution in [2.75, 3.05) is 0 Å². The predicted octanol–water partition coefficient (Wildman–Crippen LogP) is 5.80. The van der Waals surface area contributed by atoms with E-state index in [-0.39, 0.29) is 5.41 Å². The minimum Gasteiger partial charge on any atom is -0.0622 e. The van der Waals surface area contributed by atoms with Gasteiger partial charge < -0.3 is 0 Å². The first-order valence-electron chi connectivity index (χ1n) is 7.85. The lowest BCUT2D eigenvalue weighted by atomic mass is 9.67. The Kier molecular flexibility index (Phi) is 4.11. The van der Waals surface area contributed by atoms with Crippen LogP contribution in [-0.4, -0.2) is 0 Å². The average Bonchev–Trinajstić information content (AvgIpc) is 2.58. The zero-order chi connectivity index (χ0) is 15.4. The fourth-order valence-electron chi connectivity index (χ4n) is 3.35. The molecular weight excluding hydrogens is 264 g/mol. The summed E-state index contributed by atoms with van der Waals surface area (Å²) in [7, 11) is 0. The first-order chi connectivity index (χ1) is 10.7. The third-order valence-corrected chi connectivity index (χ3v) is 4.51. The van der Waals surface area contributed by atoms with Crippen molar-refractivity contribution in [2.45, 2.75) is 25.2 Å². The molecule has 0 fully saturated rings. The maximum Gasteiger partial charge on any atom is 0.0181 e. The van der Waals surface area contributed by atoms with Crippen LogP contribution in [0.15, 0.2) is 91.0 Å². The fraction of sp³-hybridized carbons (Fsp3) is 0.182. The Hall–Kier alpha value is -2.34. The van der Waals surface area contributed by atoms with Gasteiger partial charge in [-0.05, 0) is 16.7 Å². The van der Waals surface area contributed by atoms with Gasteiger partial charge >= 0.3 is 0 Å². The Balaban J connectivity index is 2.14. The SMILES string of the molecule is CC(C)(c1ccccc1)C(c1ccccc1)c1ccccc1. The van der Waals surface area contributed by atoms with Crippen molar-refractivity contribution in [2.24, 2.45) is 0 Å². The molecule has 0 spiro atoms. The minimum absolute atomic E-state index is 0.0178. The van der Waals surface area contributed by atoms with Gasteiger partial charge in [0.2, 0.25) is 0 Å². The van der Waals surface area contributed by atoms with Gasteiger partial charge in [0.25, 0.3) is 0 Å². The van der Waals surface area contributed by atoms with Crippen molar-refractivity contribution in [3.05, 3.63) is 108 Å². The second-order valence-corrected chi connectivity index (χ2v) is 6.34. The van der Waals surface area contributed by atoms with Gasteiger partial charge in [0, 0.05) is 11.3 Å². The van der Waals surface area contributed by atoms with Gasteiger partial charge in [-0.2, -0.15) is 0 Å². The summed E-state index contributed by atoms with van der Waals surface area (Å²) in [6, 6.07) is 32.5. The molecule has 0 radical (unpaired) electrons. The monoisotopic (exact) mass is 286 g/mol.